The molecule has 7 nitrogen and oxygen atoms in total. The second-order valence-electron chi connectivity index (χ2n) is 4.09. The number of carbonyl (C=O) groups excluding carboxylic acids is 2. The van der Waals surface area contributed by atoms with Crippen molar-refractivity contribution in [1.29, 1.82) is 0 Å². The average Bonchev–Trinajstić information content (AvgIpc) is 2.35. The van der Waals surface area contributed by atoms with Crippen LogP contribution in [0.15, 0.2) is 24.3 Å². The Morgan fingerprint density at radius 3 is 1.84 bits per heavy atom. The average molecular weight is 274 g/mol. The number of aliphatic hydroxyl groups is 3. The highest BCUT2D eigenvalue weighted by Crippen LogP contribution is 2.19. The summed E-state index contributed by atoms with van der Waals surface area (Å²) in [5.41, 5.74) is -2.18. The van der Waals surface area contributed by atoms with E-state index in [1.807, 2.05) is 0 Å². The molecule has 0 saturated heterocycles. The lowest BCUT2D eigenvalue weighted by atomic mass is 10.1. The first kappa shape index (κ1) is 17.3. The van der Waals surface area contributed by atoms with Gasteiger partial charge in [-0.3, -0.25) is 0 Å². The number of rotatable bonds is 7. The highest BCUT2D eigenvalue weighted by atomic mass is 16.7. The Bertz CT molecular complexity index is 382. The van der Waals surface area contributed by atoms with Crippen LogP contribution in [0.4, 0.5) is 0 Å². The molecule has 0 bridgehead atoms. The van der Waals surface area contributed by atoms with E-state index in [-0.39, 0.29) is 11.1 Å². The van der Waals surface area contributed by atoms with Crippen LogP contribution >= 0.6 is 0 Å². The molecule has 0 saturated carbocycles. The van der Waals surface area contributed by atoms with Crippen molar-refractivity contribution in [2.75, 3.05) is 13.2 Å². The van der Waals surface area contributed by atoms with E-state index in [2.05, 4.69) is 17.9 Å². The van der Waals surface area contributed by atoms with Gasteiger partial charge in [0.05, 0.1) is 13.2 Å². The predicted octanol–water partition coefficient (Wildman–Crippen LogP) is -0.733. The number of hydrogen-bond acceptors (Lipinski definition) is 7. The van der Waals surface area contributed by atoms with Crippen LogP contribution in [0, 0.1) is 0 Å². The maximum atomic E-state index is 11.4. The molecule has 0 heterocycles. The van der Waals surface area contributed by atoms with Crippen LogP contribution < -0.4 is 0 Å². The summed E-state index contributed by atoms with van der Waals surface area (Å²) in [5, 5.41) is 28.1. The number of carbonyl (C=O) groups is 2. The highest BCUT2D eigenvalue weighted by molar-refractivity contribution is 5.88. The molecule has 1 atom stereocenters. The van der Waals surface area contributed by atoms with Crippen LogP contribution in [-0.4, -0.2) is 52.4 Å². The molecule has 0 aromatic heterocycles. The largest absolute Gasteiger partial charge is 0.444 e. The third-order valence-electron chi connectivity index (χ3n) is 2.20. The summed E-state index contributed by atoms with van der Waals surface area (Å²) in [4.78, 5) is 22.6. The molecular weight excluding hydrogens is 256 g/mol. The molecule has 19 heavy (non-hydrogen) atoms. The number of hydrogen-bond donors (Lipinski definition) is 3. The topological polar surface area (TPSA) is 113 Å². The minimum atomic E-state index is -2.17. The maximum absolute atomic E-state index is 11.4. The van der Waals surface area contributed by atoms with Crippen LogP contribution in [-0.2, 0) is 19.1 Å². The van der Waals surface area contributed by atoms with Gasteiger partial charge in [0.1, 0.15) is 0 Å². The standard InChI is InChI=1S/C12H18O7/c1-7(2)9(15)18-11(17)12(5-13,6-14)19-10(16)8(3)4/h11,13-14,17H,1,3,5-6H2,2,4H3. The van der Waals surface area contributed by atoms with Crippen molar-refractivity contribution < 1.29 is 34.4 Å². The van der Waals surface area contributed by atoms with E-state index in [0.29, 0.717) is 0 Å². The van der Waals surface area contributed by atoms with Crippen LogP contribution in [0.3, 0.4) is 0 Å². The molecule has 0 aliphatic rings. The zero-order valence-electron chi connectivity index (χ0n) is 10.9. The van der Waals surface area contributed by atoms with Crippen LogP contribution in [0.2, 0.25) is 0 Å². The molecule has 1 unspecified atom stereocenters. The Morgan fingerprint density at radius 2 is 1.53 bits per heavy atom. The number of aliphatic hydroxyl groups excluding tert-OH is 3. The van der Waals surface area contributed by atoms with Gasteiger partial charge in [-0.2, -0.15) is 0 Å². The second kappa shape index (κ2) is 7.03. The van der Waals surface area contributed by atoms with E-state index < -0.39 is 37.0 Å². The predicted molar refractivity (Wildman–Crippen MR) is 64.7 cm³/mol. The van der Waals surface area contributed by atoms with Crippen molar-refractivity contribution in [2.45, 2.75) is 25.7 Å². The first-order chi connectivity index (χ1) is 8.70. The highest BCUT2D eigenvalue weighted by Gasteiger charge is 2.44. The Balaban J connectivity index is 5.06. The third kappa shape index (κ3) is 4.47. The third-order valence-corrected chi connectivity index (χ3v) is 2.20. The van der Waals surface area contributed by atoms with Gasteiger partial charge in [-0.25, -0.2) is 9.59 Å². The molecule has 0 aromatic carbocycles. The summed E-state index contributed by atoms with van der Waals surface area (Å²) in [6.45, 7) is 7.39. The van der Waals surface area contributed by atoms with Crippen molar-refractivity contribution in [3.05, 3.63) is 24.3 Å². The molecule has 0 rings (SSSR count). The fourth-order valence-electron chi connectivity index (χ4n) is 0.902. The Labute approximate surface area is 110 Å². The van der Waals surface area contributed by atoms with Crippen molar-refractivity contribution in [2.24, 2.45) is 0 Å². The number of ether oxygens (including phenoxy) is 2. The minimum Gasteiger partial charge on any atom is -0.444 e. The summed E-state index contributed by atoms with van der Waals surface area (Å²) < 4.78 is 9.27. The van der Waals surface area contributed by atoms with E-state index in [1.54, 1.807) is 0 Å². The van der Waals surface area contributed by atoms with Gasteiger partial charge in [-0.1, -0.05) is 13.2 Å². The van der Waals surface area contributed by atoms with Crippen molar-refractivity contribution in [1.82, 2.24) is 0 Å². The van der Waals surface area contributed by atoms with Crippen molar-refractivity contribution in [3.8, 4) is 0 Å². The molecule has 0 aliphatic carbocycles. The summed E-state index contributed by atoms with van der Waals surface area (Å²) in [6.07, 6.45) is -2.05. The normalized spacial score (nSPS) is 12.5. The summed E-state index contributed by atoms with van der Waals surface area (Å²) >= 11 is 0. The molecule has 7 heteroatoms. The zero-order valence-corrected chi connectivity index (χ0v) is 10.9. The van der Waals surface area contributed by atoms with Crippen LogP contribution in [0.1, 0.15) is 13.8 Å². The molecular formula is C12H18O7. The molecule has 0 aliphatic heterocycles. The Morgan fingerprint density at radius 1 is 1.11 bits per heavy atom. The molecule has 0 fully saturated rings. The van der Waals surface area contributed by atoms with E-state index in [0.717, 1.165) is 0 Å². The van der Waals surface area contributed by atoms with Crippen molar-refractivity contribution >= 4 is 11.9 Å². The minimum absolute atomic E-state index is 0.00458. The zero-order chi connectivity index (χ0) is 15.2. The summed E-state index contributed by atoms with van der Waals surface area (Å²) in [7, 11) is 0. The maximum Gasteiger partial charge on any atom is 0.335 e. The van der Waals surface area contributed by atoms with Gasteiger partial charge in [0.2, 0.25) is 11.9 Å². The first-order valence-electron chi connectivity index (χ1n) is 5.35. The second-order valence-corrected chi connectivity index (χ2v) is 4.09. The molecule has 0 spiro atoms. The van der Waals surface area contributed by atoms with Gasteiger partial charge in [0, 0.05) is 11.1 Å². The van der Waals surface area contributed by atoms with E-state index in [4.69, 9.17) is 4.74 Å². The quantitative estimate of drug-likeness (QED) is 0.318. The van der Waals surface area contributed by atoms with Crippen molar-refractivity contribution in [3.63, 3.8) is 0 Å². The van der Waals surface area contributed by atoms with Crippen LogP contribution in [0.25, 0.3) is 0 Å². The van der Waals surface area contributed by atoms with Gasteiger partial charge in [-0.15, -0.1) is 0 Å². The molecule has 0 radical (unpaired) electrons. The van der Waals surface area contributed by atoms with Crippen LogP contribution in [0.5, 0.6) is 0 Å². The lowest BCUT2D eigenvalue weighted by molar-refractivity contribution is -0.242. The lowest BCUT2D eigenvalue weighted by Crippen LogP contribution is -2.54. The van der Waals surface area contributed by atoms with Gasteiger partial charge in [-0.05, 0) is 13.8 Å². The lowest BCUT2D eigenvalue weighted by Gasteiger charge is -2.33. The fraction of sp³-hybridized carbons (Fsp3) is 0.500. The molecule has 0 amide bonds. The Kier molecular flexibility index (Phi) is 6.40. The van der Waals surface area contributed by atoms with Gasteiger partial charge >= 0.3 is 11.9 Å². The monoisotopic (exact) mass is 274 g/mol. The first-order valence-corrected chi connectivity index (χ1v) is 5.35. The van der Waals surface area contributed by atoms with E-state index in [9.17, 15) is 24.9 Å². The molecule has 0 aromatic rings. The van der Waals surface area contributed by atoms with Gasteiger partial charge in [0.15, 0.2) is 0 Å². The SMILES string of the molecule is C=C(C)C(=O)OC(O)C(CO)(CO)OC(=O)C(=C)C. The summed E-state index contributed by atoms with van der Waals surface area (Å²) in [5.74, 6) is -1.90. The molecule has 108 valence electrons. The fourth-order valence-corrected chi connectivity index (χ4v) is 0.902. The summed E-state index contributed by atoms with van der Waals surface area (Å²) in [6, 6.07) is 0. The van der Waals surface area contributed by atoms with Gasteiger partial charge in [0.25, 0.3) is 0 Å². The number of esters is 2. The van der Waals surface area contributed by atoms with E-state index >= 15 is 0 Å². The smallest absolute Gasteiger partial charge is 0.335 e. The Hall–Kier alpha value is -1.70. The van der Waals surface area contributed by atoms with E-state index in [1.165, 1.54) is 13.8 Å². The van der Waals surface area contributed by atoms with Gasteiger partial charge < -0.3 is 24.8 Å². The molecule has 3 N–H and O–H groups in total.